The average molecular weight is 367 g/mol. The molecule has 4 nitrogen and oxygen atoms in total. The minimum absolute atomic E-state index is 0.307. The number of aryl methyl sites for hydroxylation is 1. The summed E-state index contributed by atoms with van der Waals surface area (Å²) in [6.07, 6.45) is 1.78. The first-order valence-electron chi connectivity index (χ1n) is 8.17. The molecule has 6 heteroatoms. The number of benzene rings is 2. The summed E-state index contributed by atoms with van der Waals surface area (Å²) in [6.45, 7) is 3.89. The van der Waals surface area contributed by atoms with Gasteiger partial charge in [0.2, 0.25) is 0 Å². The molecule has 0 radical (unpaired) electrons. The lowest BCUT2D eigenvalue weighted by Crippen LogP contribution is -2.01. The van der Waals surface area contributed by atoms with Gasteiger partial charge in [-0.25, -0.2) is 13.8 Å². The highest BCUT2D eigenvalue weighted by molar-refractivity contribution is 6.30. The number of hydrogen-bond acceptors (Lipinski definition) is 2. The molecule has 0 aliphatic heterocycles. The van der Waals surface area contributed by atoms with Crippen molar-refractivity contribution in [3.63, 3.8) is 0 Å². The summed E-state index contributed by atoms with van der Waals surface area (Å²) >= 11 is 5.96. The molecule has 0 amide bonds. The van der Waals surface area contributed by atoms with Crippen LogP contribution in [0.25, 0.3) is 22.6 Å². The summed E-state index contributed by atoms with van der Waals surface area (Å²) in [7, 11) is 0. The van der Waals surface area contributed by atoms with E-state index < -0.39 is 0 Å². The zero-order valence-corrected chi connectivity index (χ0v) is 15.1. The molecular formula is C20H16ClFN4. The summed E-state index contributed by atoms with van der Waals surface area (Å²) in [5, 5.41) is 9.75. The summed E-state index contributed by atoms with van der Waals surface area (Å²) < 4.78 is 17.6. The molecule has 0 spiro atoms. The Bertz CT molecular complexity index is 1080. The van der Waals surface area contributed by atoms with Crippen LogP contribution in [0.15, 0.2) is 60.8 Å². The first kappa shape index (κ1) is 16.5. The Morgan fingerprint density at radius 3 is 2.42 bits per heavy atom. The number of para-hydroxylation sites is 1. The zero-order chi connectivity index (χ0) is 18.3. The van der Waals surface area contributed by atoms with Gasteiger partial charge in [0.05, 0.1) is 23.3 Å². The number of hydrogen-bond donors (Lipinski definition) is 0. The molecule has 0 saturated carbocycles. The van der Waals surface area contributed by atoms with Gasteiger partial charge in [-0.3, -0.25) is 0 Å². The van der Waals surface area contributed by atoms with Crippen LogP contribution in [0.3, 0.4) is 0 Å². The van der Waals surface area contributed by atoms with E-state index in [0.717, 1.165) is 28.3 Å². The lowest BCUT2D eigenvalue weighted by atomic mass is 10.2. The van der Waals surface area contributed by atoms with E-state index in [-0.39, 0.29) is 5.82 Å². The molecule has 4 aromatic rings. The molecule has 0 bridgehead atoms. The van der Waals surface area contributed by atoms with Crippen molar-refractivity contribution in [3.05, 3.63) is 83.0 Å². The third kappa shape index (κ3) is 2.80. The van der Waals surface area contributed by atoms with Gasteiger partial charge in [-0.05, 0) is 56.3 Å². The Labute approximate surface area is 155 Å². The minimum atomic E-state index is -0.307. The van der Waals surface area contributed by atoms with E-state index in [1.54, 1.807) is 29.1 Å². The van der Waals surface area contributed by atoms with E-state index in [1.165, 1.54) is 6.07 Å². The highest BCUT2D eigenvalue weighted by Gasteiger charge is 2.16. The molecule has 26 heavy (non-hydrogen) atoms. The molecule has 0 unspecified atom stereocenters. The van der Waals surface area contributed by atoms with Crippen LogP contribution in [0.1, 0.15) is 11.4 Å². The van der Waals surface area contributed by atoms with Crippen LogP contribution in [0.4, 0.5) is 4.39 Å². The maximum absolute atomic E-state index is 14.1. The van der Waals surface area contributed by atoms with E-state index in [0.29, 0.717) is 10.7 Å². The second-order valence-corrected chi connectivity index (χ2v) is 6.50. The fourth-order valence-electron chi connectivity index (χ4n) is 2.98. The van der Waals surface area contributed by atoms with E-state index in [2.05, 4.69) is 10.2 Å². The Morgan fingerprint density at radius 2 is 1.69 bits per heavy atom. The topological polar surface area (TPSA) is 35.6 Å². The second kappa shape index (κ2) is 6.42. The summed E-state index contributed by atoms with van der Waals surface area (Å²) in [5.74, 6) is -0.307. The maximum atomic E-state index is 14.1. The van der Waals surface area contributed by atoms with Crippen molar-refractivity contribution in [2.75, 3.05) is 0 Å². The molecule has 0 saturated heterocycles. The Morgan fingerprint density at radius 1 is 0.962 bits per heavy atom. The fraction of sp³-hybridized carbons (Fsp3) is 0.100. The van der Waals surface area contributed by atoms with Gasteiger partial charge in [0.25, 0.3) is 0 Å². The largest absolute Gasteiger partial charge is 0.237 e. The molecule has 0 fully saturated rings. The van der Waals surface area contributed by atoms with E-state index in [9.17, 15) is 4.39 Å². The average Bonchev–Trinajstić information content (AvgIpc) is 3.19. The summed E-state index contributed by atoms with van der Waals surface area (Å²) in [5.41, 5.74) is 4.80. The van der Waals surface area contributed by atoms with Crippen molar-refractivity contribution in [1.29, 1.82) is 0 Å². The summed E-state index contributed by atoms with van der Waals surface area (Å²) in [6, 6.07) is 16.0. The van der Waals surface area contributed by atoms with E-state index in [1.807, 2.05) is 48.9 Å². The van der Waals surface area contributed by atoms with Gasteiger partial charge in [-0.1, -0.05) is 23.7 Å². The highest BCUT2D eigenvalue weighted by atomic mass is 35.5. The molecule has 2 heterocycles. The third-order valence-corrected chi connectivity index (χ3v) is 4.58. The van der Waals surface area contributed by atoms with Crippen molar-refractivity contribution in [2.24, 2.45) is 0 Å². The number of aromatic nitrogens is 4. The van der Waals surface area contributed by atoms with Gasteiger partial charge in [-0.15, -0.1) is 0 Å². The summed E-state index contributed by atoms with van der Waals surface area (Å²) in [4.78, 5) is 0. The Hall–Kier alpha value is -2.92. The molecule has 2 aromatic heterocycles. The van der Waals surface area contributed by atoms with Gasteiger partial charge in [0, 0.05) is 16.3 Å². The van der Waals surface area contributed by atoms with Crippen molar-refractivity contribution in [3.8, 4) is 22.6 Å². The van der Waals surface area contributed by atoms with Crippen LogP contribution in [0.2, 0.25) is 5.02 Å². The zero-order valence-electron chi connectivity index (χ0n) is 14.3. The molecule has 130 valence electrons. The van der Waals surface area contributed by atoms with Crippen molar-refractivity contribution < 1.29 is 4.39 Å². The minimum Gasteiger partial charge on any atom is -0.237 e. The molecule has 0 aliphatic rings. The number of halogens is 2. The SMILES string of the molecule is Cc1cc(-c2cnn(-c3ccc(Cl)cc3)c2C)nn1-c1ccccc1F. The fourth-order valence-corrected chi connectivity index (χ4v) is 3.10. The molecule has 0 atom stereocenters. The van der Waals surface area contributed by atoms with Gasteiger partial charge in [-0.2, -0.15) is 10.2 Å². The van der Waals surface area contributed by atoms with Crippen molar-refractivity contribution in [2.45, 2.75) is 13.8 Å². The van der Waals surface area contributed by atoms with Crippen LogP contribution in [0, 0.1) is 19.7 Å². The van der Waals surface area contributed by atoms with Crippen LogP contribution in [0.5, 0.6) is 0 Å². The standard InChI is InChI=1S/C20H16ClFN4/c1-13-11-19(24-25(13)20-6-4-3-5-18(20)22)17-12-23-26(14(17)2)16-9-7-15(21)8-10-16/h3-12H,1-2H3. The second-order valence-electron chi connectivity index (χ2n) is 6.07. The van der Waals surface area contributed by atoms with E-state index in [4.69, 9.17) is 11.6 Å². The first-order valence-corrected chi connectivity index (χ1v) is 8.55. The molecule has 0 N–H and O–H groups in total. The quantitative estimate of drug-likeness (QED) is 0.503. The van der Waals surface area contributed by atoms with Gasteiger partial charge in [0.1, 0.15) is 11.5 Å². The maximum Gasteiger partial charge on any atom is 0.148 e. The Kier molecular flexibility index (Phi) is 4.09. The molecule has 2 aromatic carbocycles. The smallest absolute Gasteiger partial charge is 0.148 e. The van der Waals surface area contributed by atoms with Crippen molar-refractivity contribution >= 4 is 11.6 Å². The van der Waals surface area contributed by atoms with Crippen LogP contribution < -0.4 is 0 Å². The van der Waals surface area contributed by atoms with E-state index >= 15 is 0 Å². The Balaban J connectivity index is 1.77. The molecule has 0 aliphatic carbocycles. The number of nitrogens with zero attached hydrogens (tertiary/aromatic N) is 4. The van der Waals surface area contributed by atoms with Crippen LogP contribution in [-0.4, -0.2) is 19.6 Å². The van der Waals surface area contributed by atoms with Gasteiger partial charge in [0.15, 0.2) is 0 Å². The van der Waals surface area contributed by atoms with Crippen LogP contribution in [-0.2, 0) is 0 Å². The van der Waals surface area contributed by atoms with Gasteiger partial charge >= 0.3 is 0 Å². The molecule has 4 rings (SSSR count). The first-order chi connectivity index (χ1) is 12.5. The third-order valence-electron chi connectivity index (χ3n) is 4.33. The monoisotopic (exact) mass is 366 g/mol. The predicted octanol–water partition coefficient (Wildman–Crippen LogP) is 5.13. The lowest BCUT2D eigenvalue weighted by molar-refractivity contribution is 0.609. The number of rotatable bonds is 3. The predicted molar refractivity (Wildman–Crippen MR) is 101 cm³/mol. The molecular weight excluding hydrogens is 351 g/mol. The highest BCUT2D eigenvalue weighted by Crippen LogP contribution is 2.27. The lowest BCUT2D eigenvalue weighted by Gasteiger charge is -2.05. The van der Waals surface area contributed by atoms with Crippen LogP contribution >= 0.6 is 11.6 Å². The van der Waals surface area contributed by atoms with Gasteiger partial charge < -0.3 is 0 Å². The normalized spacial score (nSPS) is 11.1. The van der Waals surface area contributed by atoms with Crippen molar-refractivity contribution in [1.82, 2.24) is 19.6 Å².